The normalized spacial score (nSPS) is 11.3. The van der Waals surface area contributed by atoms with Gasteiger partial charge in [-0.3, -0.25) is 0 Å². The number of benzene rings is 2. The molecule has 2 aromatic carbocycles. The Morgan fingerprint density at radius 1 is 1.00 bits per heavy atom. The number of anilines is 1. The lowest BCUT2D eigenvalue weighted by atomic mass is 10.1. The maximum atomic E-state index is 12.1. The first-order chi connectivity index (χ1) is 10.1. The number of para-hydroxylation sites is 1. The lowest BCUT2D eigenvalue weighted by molar-refractivity contribution is 0.280. The van der Waals surface area contributed by atoms with Gasteiger partial charge in [-0.1, -0.05) is 43.3 Å². The Morgan fingerprint density at radius 2 is 1.62 bits per heavy atom. The smallest absolute Gasteiger partial charge is 0.180 e. The Labute approximate surface area is 125 Å². The molecule has 0 aliphatic rings. The molecule has 4 nitrogen and oxygen atoms in total. The quantitative estimate of drug-likeness (QED) is 0.861. The van der Waals surface area contributed by atoms with E-state index in [2.05, 4.69) is 5.32 Å². The molecule has 0 amide bonds. The molecule has 0 bridgehead atoms. The molecule has 0 saturated heterocycles. The Kier molecular flexibility index (Phi) is 4.98. The van der Waals surface area contributed by atoms with Crippen molar-refractivity contribution < 1.29 is 13.5 Å². The number of nitrogens with one attached hydrogen (secondary N) is 1. The summed E-state index contributed by atoms with van der Waals surface area (Å²) in [7, 11) is -3.26. The number of aliphatic hydroxyl groups excluding tert-OH is 1. The van der Waals surface area contributed by atoms with Gasteiger partial charge in [0.1, 0.15) is 0 Å². The largest absolute Gasteiger partial charge is 0.392 e. The maximum Gasteiger partial charge on any atom is 0.180 e. The van der Waals surface area contributed by atoms with Gasteiger partial charge in [-0.05, 0) is 23.3 Å². The van der Waals surface area contributed by atoms with Crippen molar-refractivity contribution in [1.29, 1.82) is 0 Å². The van der Waals surface area contributed by atoms with Crippen LogP contribution in [-0.4, -0.2) is 19.3 Å². The van der Waals surface area contributed by atoms with E-state index in [0.717, 1.165) is 11.1 Å². The minimum atomic E-state index is -3.26. The molecular weight excluding hydrogens is 286 g/mol. The van der Waals surface area contributed by atoms with E-state index in [-0.39, 0.29) is 12.4 Å². The molecular formula is C16H19NO3S. The second-order valence-corrected chi connectivity index (χ2v) is 6.93. The van der Waals surface area contributed by atoms with Gasteiger partial charge in [0.2, 0.25) is 0 Å². The summed E-state index contributed by atoms with van der Waals surface area (Å²) in [5, 5.41) is 12.5. The average molecular weight is 305 g/mol. The Hall–Kier alpha value is -1.85. The second kappa shape index (κ2) is 6.74. The lowest BCUT2D eigenvalue weighted by Gasteiger charge is -2.13. The molecule has 0 atom stereocenters. The summed E-state index contributed by atoms with van der Waals surface area (Å²) in [6.07, 6.45) is 0. The van der Waals surface area contributed by atoms with E-state index in [4.69, 9.17) is 0 Å². The van der Waals surface area contributed by atoms with Crippen molar-refractivity contribution in [2.45, 2.75) is 25.0 Å². The van der Waals surface area contributed by atoms with Crippen LogP contribution in [0.2, 0.25) is 0 Å². The molecule has 21 heavy (non-hydrogen) atoms. The van der Waals surface area contributed by atoms with Crippen LogP contribution < -0.4 is 5.32 Å². The van der Waals surface area contributed by atoms with Gasteiger partial charge in [0.05, 0.1) is 22.9 Å². The molecule has 0 aromatic heterocycles. The molecule has 5 heteroatoms. The summed E-state index contributed by atoms with van der Waals surface area (Å²) in [5.74, 6) is 0.0684. The molecule has 0 aliphatic carbocycles. The van der Waals surface area contributed by atoms with Gasteiger partial charge in [-0.25, -0.2) is 8.42 Å². The molecule has 0 fully saturated rings. The molecule has 112 valence electrons. The van der Waals surface area contributed by atoms with E-state index in [1.807, 2.05) is 24.3 Å². The zero-order valence-electron chi connectivity index (χ0n) is 11.9. The number of aliphatic hydroxyl groups is 1. The topological polar surface area (TPSA) is 66.4 Å². The number of sulfone groups is 1. The first kappa shape index (κ1) is 15.5. The third kappa shape index (κ3) is 3.62. The Balaban J connectivity index is 2.25. The summed E-state index contributed by atoms with van der Waals surface area (Å²) < 4.78 is 24.2. The third-order valence-corrected chi connectivity index (χ3v) is 5.15. The van der Waals surface area contributed by atoms with Crippen LogP contribution >= 0.6 is 0 Å². The SMILES string of the molecule is CCS(=O)(=O)c1ccccc1NCc1ccccc1CO. The van der Waals surface area contributed by atoms with Crippen LogP contribution in [0.4, 0.5) is 5.69 Å². The van der Waals surface area contributed by atoms with Gasteiger partial charge in [0.25, 0.3) is 0 Å². The standard InChI is InChI=1S/C16H19NO3S/c1-2-21(19,20)16-10-6-5-9-15(16)17-11-13-7-3-4-8-14(13)12-18/h3-10,17-18H,2,11-12H2,1H3. The predicted octanol–water partition coefficient (Wildman–Crippen LogP) is 2.58. The zero-order chi connectivity index (χ0) is 15.3. The fraction of sp³-hybridized carbons (Fsp3) is 0.250. The predicted molar refractivity (Wildman–Crippen MR) is 83.9 cm³/mol. The van der Waals surface area contributed by atoms with Crippen LogP contribution in [0, 0.1) is 0 Å². The van der Waals surface area contributed by atoms with Gasteiger partial charge in [-0.2, -0.15) is 0 Å². The van der Waals surface area contributed by atoms with E-state index in [0.29, 0.717) is 17.1 Å². The van der Waals surface area contributed by atoms with Crippen LogP contribution in [0.3, 0.4) is 0 Å². The van der Waals surface area contributed by atoms with Crippen molar-refractivity contribution in [2.24, 2.45) is 0 Å². The minimum absolute atomic E-state index is 0.0350. The first-order valence-corrected chi connectivity index (χ1v) is 8.47. The van der Waals surface area contributed by atoms with Crippen molar-refractivity contribution in [3.05, 3.63) is 59.7 Å². The molecule has 0 unspecified atom stereocenters. The first-order valence-electron chi connectivity index (χ1n) is 6.81. The van der Waals surface area contributed by atoms with Crippen LogP contribution in [0.25, 0.3) is 0 Å². The molecule has 2 rings (SSSR count). The van der Waals surface area contributed by atoms with Crippen molar-refractivity contribution in [1.82, 2.24) is 0 Å². The fourth-order valence-corrected chi connectivity index (χ4v) is 3.19. The third-order valence-electron chi connectivity index (χ3n) is 3.36. The highest BCUT2D eigenvalue weighted by molar-refractivity contribution is 7.91. The summed E-state index contributed by atoms with van der Waals surface area (Å²) in [5.41, 5.74) is 2.37. The molecule has 0 radical (unpaired) electrons. The van der Waals surface area contributed by atoms with Gasteiger partial charge in [0, 0.05) is 6.54 Å². The van der Waals surface area contributed by atoms with E-state index in [1.165, 1.54) is 0 Å². The van der Waals surface area contributed by atoms with E-state index < -0.39 is 9.84 Å². The molecule has 0 spiro atoms. The second-order valence-electron chi connectivity index (χ2n) is 4.68. The van der Waals surface area contributed by atoms with Crippen LogP contribution in [-0.2, 0) is 23.0 Å². The highest BCUT2D eigenvalue weighted by Gasteiger charge is 2.15. The molecule has 2 aromatic rings. The van der Waals surface area contributed by atoms with Crippen molar-refractivity contribution >= 4 is 15.5 Å². The monoisotopic (exact) mass is 305 g/mol. The summed E-state index contributed by atoms with van der Waals surface area (Å²) in [6.45, 7) is 2.06. The molecule has 0 heterocycles. The van der Waals surface area contributed by atoms with Gasteiger partial charge in [-0.15, -0.1) is 0 Å². The number of hydrogen-bond donors (Lipinski definition) is 2. The van der Waals surface area contributed by atoms with E-state index in [1.54, 1.807) is 31.2 Å². The van der Waals surface area contributed by atoms with Crippen molar-refractivity contribution in [3.63, 3.8) is 0 Å². The highest BCUT2D eigenvalue weighted by Crippen LogP contribution is 2.23. The zero-order valence-corrected chi connectivity index (χ0v) is 12.7. The fourth-order valence-electron chi connectivity index (χ4n) is 2.11. The lowest BCUT2D eigenvalue weighted by Crippen LogP contribution is -2.10. The highest BCUT2D eigenvalue weighted by atomic mass is 32.2. The van der Waals surface area contributed by atoms with Crippen LogP contribution in [0.15, 0.2) is 53.4 Å². The van der Waals surface area contributed by atoms with Gasteiger partial charge >= 0.3 is 0 Å². The summed E-state index contributed by atoms with van der Waals surface area (Å²) in [4.78, 5) is 0.314. The number of hydrogen-bond acceptors (Lipinski definition) is 4. The Morgan fingerprint density at radius 3 is 2.29 bits per heavy atom. The maximum absolute atomic E-state index is 12.1. The van der Waals surface area contributed by atoms with Crippen LogP contribution in [0.1, 0.15) is 18.1 Å². The van der Waals surface area contributed by atoms with Crippen molar-refractivity contribution in [3.8, 4) is 0 Å². The van der Waals surface area contributed by atoms with Gasteiger partial charge < -0.3 is 10.4 Å². The summed E-state index contributed by atoms with van der Waals surface area (Å²) in [6, 6.07) is 14.4. The van der Waals surface area contributed by atoms with Crippen molar-refractivity contribution in [2.75, 3.05) is 11.1 Å². The van der Waals surface area contributed by atoms with E-state index >= 15 is 0 Å². The summed E-state index contributed by atoms with van der Waals surface area (Å²) >= 11 is 0. The molecule has 0 aliphatic heterocycles. The van der Waals surface area contributed by atoms with E-state index in [9.17, 15) is 13.5 Å². The molecule has 2 N–H and O–H groups in total. The average Bonchev–Trinajstić information content (AvgIpc) is 2.53. The Bertz CT molecular complexity index is 711. The number of rotatable bonds is 6. The molecule has 0 saturated carbocycles. The minimum Gasteiger partial charge on any atom is -0.392 e. The van der Waals surface area contributed by atoms with Gasteiger partial charge in [0.15, 0.2) is 9.84 Å². The van der Waals surface area contributed by atoms with Crippen LogP contribution in [0.5, 0.6) is 0 Å².